The van der Waals surface area contributed by atoms with Gasteiger partial charge in [0, 0.05) is 6.20 Å². The van der Waals surface area contributed by atoms with E-state index in [1.807, 2.05) is 6.07 Å². The van der Waals surface area contributed by atoms with Crippen LogP contribution in [-0.4, -0.2) is 25.1 Å². The van der Waals surface area contributed by atoms with Crippen LogP contribution in [0.5, 0.6) is 0 Å². The quantitative estimate of drug-likeness (QED) is 0.824. The highest BCUT2D eigenvalue weighted by atomic mass is 35.5. The Morgan fingerprint density at radius 2 is 1.90 bits per heavy atom. The van der Waals surface area contributed by atoms with E-state index in [0.717, 1.165) is 0 Å². The van der Waals surface area contributed by atoms with E-state index in [-0.39, 0.29) is 16.7 Å². The fraction of sp³-hybridized carbons (Fsp3) is 0.154. The smallest absolute Gasteiger partial charge is 0.242 e. The number of hydrogen-bond acceptors (Lipinski definition) is 4. The van der Waals surface area contributed by atoms with Crippen molar-refractivity contribution in [1.29, 1.82) is 0 Å². The van der Waals surface area contributed by atoms with Crippen LogP contribution in [0.2, 0.25) is 5.15 Å². The van der Waals surface area contributed by atoms with Gasteiger partial charge >= 0.3 is 0 Å². The summed E-state index contributed by atoms with van der Waals surface area (Å²) >= 11 is 5.62. The van der Waals surface area contributed by atoms with E-state index in [1.54, 1.807) is 24.3 Å². The number of nitrogens with zero attached hydrogens (tertiary/aromatic N) is 1. The van der Waals surface area contributed by atoms with Crippen LogP contribution in [-0.2, 0) is 10.0 Å². The van der Waals surface area contributed by atoms with Crippen molar-refractivity contribution in [1.82, 2.24) is 9.71 Å². The maximum absolute atomic E-state index is 12.2. The summed E-state index contributed by atoms with van der Waals surface area (Å²) in [6.07, 6.45) is 1.17. The Labute approximate surface area is 122 Å². The second-order valence-corrected chi connectivity index (χ2v) is 6.18. The van der Waals surface area contributed by atoms with Gasteiger partial charge in [-0.15, -0.1) is 0 Å². The van der Waals surface area contributed by atoms with Crippen molar-refractivity contribution < 1.29 is 13.5 Å². The van der Waals surface area contributed by atoms with Crippen LogP contribution in [0.15, 0.2) is 53.6 Å². The Bertz CT molecular complexity index is 660. The van der Waals surface area contributed by atoms with E-state index in [1.165, 1.54) is 18.3 Å². The molecule has 0 radical (unpaired) electrons. The van der Waals surface area contributed by atoms with Gasteiger partial charge in [0.15, 0.2) is 0 Å². The summed E-state index contributed by atoms with van der Waals surface area (Å²) in [6.45, 7) is -0.343. The molecule has 0 aliphatic rings. The second-order valence-electron chi connectivity index (χ2n) is 4.08. The van der Waals surface area contributed by atoms with Crippen LogP contribution in [0.3, 0.4) is 0 Å². The number of aromatic nitrogens is 1. The van der Waals surface area contributed by atoms with Crippen LogP contribution in [0, 0.1) is 0 Å². The molecule has 0 saturated carbocycles. The van der Waals surface area contributed by atoms with Gasteiger partial charge in [0.05, 0.1) is 12.6 Å². The Hall–Kier alpha value is -1.47. The number of hydrogen-bond donors (Lipinski definition) is 2. The van der Waals surface area contributed by atoms with E-state index >= 15 is 0 Å². The average Bonchev–Trinajstić information content (AvgIpc) is 2.46. The van der Waals surface area contributed by atoms with Crippen molar-refractivity contribution in [2.45, 2.75) is 10.9 Å². The summed E-state index contributed by atoms with van der Waals surface area (Å²) in [5.41, 5.74) is 0.681. The Morgan fingerprint density at radius 3 is 2.45 bits per heavy atom. The van der Waals surface area contributed by atoms with Crippen LogP contribution in [0.25, 0.3) is 0 Å². The van der Waals surface area contributed by atoms with Gasteiger partial charge in [0.2, 0.25) is 10.0 Å². The third-order valence-electron chi connectivity index (χ3n) is 2.69. The summed E-state index contributed by atoms with van der Waals surface area (Å²) in [6, 6.07) is 10.9. The second kappa shape index (κ2) is 6.32. The number of pyridine rings is 1. The third-order valence-corrected chi connectivity index (χ3v) is 4.37. The lowest BCUT2D eigenvalue weighted by Gasteiger charge is -2.16. The topological polar surface area (TPSA) is 79.3 Å². The first-order valence-corrected chi connectivity index (χ1v) is 7.69. The Kier molecular flexibility index (Phi) is 4.72. The molecule has 2 N–H and O–H groups in total. The SMILES string of the molecule is O=S(=O)(NC(CO)c1ccccc1)c1ccc(Cl)nc1. The maximum Gasteiger partial charge on any atom is 0.242 e. The van der Waals surface area contributed by atoms with Crippen molar-refractivity contribution in [3.63, 3.8) is 0 Å². The highest BCUT2D eigenvalue weighted by Gasteiger charge is 2.21. The average molecular weight is 313 g/mol. The molecule has 0 saturated heterocycles. The van der Waals surface area contributed by atoms with Gasteiger partial charge in [-0.1, -0.05) is 41.9 Å². The molecule has 0 spiro atoms. The lowest BCUT2D eigenvalue weighted by atomic mass is 10.1. The van der Waals surface area contributed by atoms with Gasteiger partial charge in [-0.25, -0.2) is 18.1 Å². The molecule has 2 aromatic rings. The van der Waals surface area contributed by atoms with Gasteiger partial charge in [-0.3, -0.25) is 0 Å². The zero-order valence-corrected chi connectivity index (χ0v) is 12.0. The summed E-state index contributed by atoms with van der Waals surface area (Å²) < 4.78 is 26.8. The Morgan fingerprint density at radius 1 is 1.20 bits per heavy atom. The minimum Gasteiger partial charge on any atom is -0.394 e. The molecule has 0 amide bonds. The molecular formula is C13H13ClN2O3S. The summed E-state index contributed by atoms with van der Waals surface area (Å²) in [4.78, 5) is 3.73. The number of aliphatic hydroxyl groups excluding tert-OH is 1. The van der Waals surface area contributed by atoms with Crippen LogP contribution < -0.4 is 4.72 Å². The van der Waals surface area contributed by atoms with Crippen molar-refractivity contribution in [2.24, 2.45) is 0 Å². The summed E-state index contributed by atoms with van der Waals surface area (Å²) in [5.74, 6) is 0. The number of halogens is 1. The summed E-state index contributed by atoms with van der Waals surface area (Å²) in [7, 11) is -3.77. The monoisotopic (exact) mass is 312 g/mol. The van der Waals surface area contributed by atoms with E-state index in [0.29, 0.717) is 5.56 Å². The highest BCUT2D eigenvalue weighted by molar-refractivity contribution is 7.89. The molecule has 106 valence electrons. The standard InChI is InChI=1S/C13H13ClN2O3S/c14-13-7-6-11(8-15-13)20(18,19)16-12(9-17)10-4-2-1-3-5-10/h1-8,12,16-17H,9H2. The third kappa shape index (κ3) is 3.55. The predicted octanol–water partition coefficient (Wildman–Crippen LogP) is 1.75. The number of sulfonamides is 1. The first-order chi connectivity index (χ1) is 9.53. The van der Waals surface area contributed by atoms with E-state index in [4.69, 9.17) is 11.6 Å². The molecule has 1 heterocycles. The van der Waals surface area contributed by atoms with Gasteiger partial charge < -0.3 is 5.11 Å². The zero-order valence-electron chi connectivity index (χ0n) is 10.4. The molecule has 20 heavy (non-hydrogen) atoms. The molecule has 1 atom stereocenters. The zero-order chi connectivity index (χ0) is 14.6. The molecular weight excluding hydrogens is 300 g/mol. The molecule has 2 rings (SSSR count). The molecule has 0 aliphatic heterocycles. The molecule has 1 aromatic heterocycles. The maximum atomic E-state index is 12.2. The largest absolute Gasteiger partial charge is 0.394 e. The fourth-order valence-electron chi connectivity index (χ4n) is 1.67. The molecule has 0 aliphatic carbocycles. The van der Waals surface area contributed by atoms with Crippen LogP contribution in [0.1, 0.15) is 11.6 Å². The molecule has 1 unspecified atom stereocenters. The lowest BCUT2D eigenvalue weighted by molar-refractivity contribution is 0.259. The Balaban J connectivity index is 2.24. The molecule has 0 fully saturated rings. The molecule has 0 bridgehead atoms. The number of rotatable bonds is 5. The van der Waals surface area contributed by atoms with Gasteiger partial charge in [0.25, 0.3) is 0 Å². The normalized spacial score (nSPS) is 13.1. The van der Waals surface area contributed by atoms with Gasteiger partial charge in [-0.2, -0.15) is 0 Å². The lowest BCUT2D eigenvalue weighted by Crippen LogP contribution is -2.30. The van der Waals surface area contributed by atoms with Crippen LogP contribution in [0.4, 0.5) is 0 Å². The summed E-state index contributed by atoms with van der Waals surface area (Å²) in [5, 5.41) is 9.58. The first kappa shape index (κ1) is 14.9. The van der Waals surface area contributed by atoms with Crippen molar-refractivity contribution in [2.75, 3.05) is 6.61 Å². The van der Waals surface area contributed by atoms with E-state index in [9.17, 15) is 13.5 Å². The van der Waals surface area contributed by atoms with Gasteiger partial charge in [0.1, 0.15) is 10.0 Å². The fourth-order valence-corrected chi connectivity index (χ4v) is 2.94. The molecule has 1 aromatic carbocycles. The van der Waals surface area contributed by atoms with Crippen molar-refractivity contribution in [3.8, 4) is 0 Å². The van der Waals surface area contributed by atoms with E-state index in [2.05, 4.69) is 9.71 Å². The molecule has 7 heteroatoms. The van der Waals surface area contributed by atoms with E-state index < -0.39 is 16.1 Å². The van der Waals surface area contributed by atoms with Crippen molar-refractivity contribution >= 4 is 21.6 Å². The van der Waals surface area contributed by atoms with Crippen molar-refractivity contribution in [3.05, 3.63) is 59.4 Å². The van der Waals surface area contributed by atoms with Crippen LogP contribution >= 0.6 is 11.6 Å². The highest BCUT2D eigenvalue weighted by Crippen LogP contribution is 2.17. The first-order valence-electron chi connectivity index (χ1n) is 5.82. The minimum atomic E-state index is -3.77. The minimum absolute atomic E-state index is 0.00344. The molecule has 5 nitrogen and oxygen atoms in total. The predicted molar refractivity (Wildman–Crippen MR) is 75.8 cm³/mol. The number of benzene rings is 1. The number of aliphatic hydroxyl groups is 1. The number of nitrogens with one attached hydrogen (secondary N) is 1. The van der Waals surface area contributed by atoms with Gasteiger partial charge in [-0.05, 0) is 17.7 Å².